The molecule has 252 valence electrons. The lowest BCUT2D eigenvalue weighted by molar-refractivity contribution is -0.149. The highest BCUT2D eigenvalue weighted by atomic mass is 35.5. The topological polar surface area (TPSA) is 105 Å². The van der Waals surface area contributed by atoms with Crippen LogP contribution in [0, 0.1) is 17.6 Å². The first kappa shape index (κ1) is 37.1. The van der Waals surface area contributed by atoms with E-state index in [9.17, 15) is 45.4 Å². The number of alkyl halides is 5. The van der Waals surface area contributed by atoms with Crippen molar-refractivity contribution in [1.82, 2.24) is 4.90 Å². The second-order valence-electron chi connectivity index (χ2n) is 10.5. The number of esters is 1. The Morgan fingerprint density at radius 2 is 1.63 bits per heavy atom. The molecule has 1 fully saturated rings. The molecule has 0 bridgehead atoms. The Kier molecular flexibility index (Phi) is 12.9. The van der Waals surface area contributed by atoms with Crippen molar-refractivity contribution in [3.05, 3.63) is 80.5 Å². The van der Waals surface area contributed by atoms with E-state index < -0.39 is 94.2 Å². The zero-order chi connectivity index (χ0) is 34.3. The number of hydrogen-bond donors (Lipinski definition) is 2. The van der Waals surface area contributed by atoms with E-state index in [2.05, 4.69) is 4.99 Å². The van der Waals surface area contributed by atoms with Gasteiger partial charge in [-0.25, -0.2) is 17.6 Å². The molecular formula is C30H30Cl2F7N3O4. The number of carbonyl (C=O) groups is 2. The van der Waals surface area contributed by atoms with Gasteiger partial charge in [0.1, 0.15) is 11.6 Å². The maximum Gasteiger partial charge on any atom is 0.433 e. The van der Waals surface area contributed by atoms with Crippen LogP contribution in [0.1, 0.15) is 61.8 Å². The van der Waals surface area contributed by atoms with Crippen LogP contribution >= 0.6 is 23.2 Å². The molecule has 1 atom stereocenters. The summed E-state index contributed by atoms with van der Waals surface area (Å²) in [7, 11) is 0. The number of aliphatic hydroxyl groups excluding tert-OH is 1. The standard InChI is InChI=1S/C30H30Cl2F7N3O4/c1-2-46-29(45)16-3-5-20(6-4-16)41-26(30(37,38)39)21(12-40)28(44)42(13-15-7-18(33)11-19(34)8-15)14-24(43)25-22(31)9-17(27(35)36)10-23(25)32/h7-12,16,20,24,27,43H,2-6,13-14,40H2,1H3. The lowest BCUT2D eigenvalue weighted by atomic mass is 9.86. The maximum absolute atomic E-state index is 14.4. The first-order chi connectivity index (χ1) is 21.5. The number of nitrogens with two attached hydrogens (primary N) is 1. The predicted octanol–water partition coefficient (Wildman–Crippen LogP) is 7.24. The summed E-state index contributed by atoms with van der Waals surface area (Å²) in [4.78, 5) is 30.2. The molecule has 0 heterocycles. The molecule has 1 unspecified atom stereocenters. The van der Waals surface area contributed by atoms with Gasteiger partial charge < -0.3 is 20.5 Å². The molecule has 1 saturated carbocycles. The number of aliphatic hydroxyl groups is 1. The summed E-state index contributed by atoms with van der Waals surface area (Å²) in [5, 5.41) is 10.1. The summed E-state index contributed by atoms with van der Waals surface area (Å²) in [5.41, 5.74) is 1.66. The second kappa shape index (κ2) is 16.0. The van der Waals surface area contributed by atoms with Crippen molar-refractivity contribution in [2.45, 2.75) is 63.9 Å². The number of ether oxygens (including phenoxy) is 1. The Bertz CT molecular complexity index is 1440. The van der Waals surface area contributed by atoms with Gasteiger partial charge in [-0.1, -0.05) is 23.2 Å². The molecule has 1 aliphatic rings. The summed E-state index contributed by atoms with van der Waals surface area (Å²) >= 11 is 12.2. The van der Waals surface area contributed by atoms with Crippen LogP contribution in [0.25, 0.3) is 0 Å². The zero-order valence-corrected chi connectivity index (χ0v) is 25.8. The van der Waals surface area contributed by atoms with E-state index in [0.29, 0.717) is 17.2 Å². The quantitative estimate of drug-likeness (QED) is 0.111. The second-order valence-corrected chi connectivity index (χ2v) is 11.3. The van der Waals surface area contributed by atoms with Gasteiger partial charge in [0.2, 0.25) is 0 Å². The van der Waals surface area contributed by atoms with E-state index in [-0.39, 0.29) is 43.4 Å². The van der Waals surface area contributed by atoms with Crippen molar-refractivity contribution in [2.24, 2.45) is 16.6 Å². The average Bonchev–Trinajstić information content (AvgIpc) is 2.95. The molecule has 46 heavy (non-hydrogen) atoms. The van der Waals surface area contributed by atoms with Gasteiger partial charge in [0, 0.05) is 40.0 Å². The number of aliphatic imine (C=N–C) groups is 1. The van der Waals surface area contributed by atoms with E-state index in [1.807, 2.05) is 0 Å². The molecule has 16 heteroatoms. The molecule has 3 rings (SSSR count). The van der Waals surface area contributed by atoms with E-state index in [1.54, 1.807) is 6.92 Å². The molecule has 0 aliphatic heterocycles. The Balaban J connectivity index is 1.99. The minimum absolute atomic E-state index is 0.0751. The van der Waals surface area contributed by atoms with Crippen LogP contribution in [-0.2, 0) is 20.9 Å². The third kappa shape index (κ3) is 9.58. The van der Waals surface area contributed by atoms with Crippen LogP contribution in [-0.4, -0.2) is 53.0 Å². The van der Waals surface area contributed by atoms with Gasteiger partial charge in [0.05, 0.1) is 36.8 Å². The predicted molar refractivity (Wildman–Crippen MR) is 156 cm³/mol. The number of carbonyl (C=O) groups excluding carboxylic acids is 2. The number of amides is 1. The Morgan fingerprint density at radius 1 is 1.07 bits per heavy atom. The molecule has 3 N–H and O–H groups in total. The minimum Gasteiger partial charge on any atom is -0.466 e. The van der Waals surface area contributed by atoms with Crippen LogP contribution < -0.4 is 5.73 Å². The van der Waals surface area contributed by atoms with Crippen molar-refractivity contribution in [1.29, 1.82) is 0 Å². The highest BCUT2D eigenvalue weighted by Crippen LogP contribution is 2.36. The monoisotopic (exact) mass is 699 g/mol. The van der Waals surface area contributed by atoms with Gasteiger partial charge in [-0.2, -0.15) is 13.2 Å². The molecular weight excluding hydrogens is 670 g/mol. The normalized spacial score (nSPS) is 18.4. The molecule has 1 amide bonds. The highest BCUT2D eigenvalue weighted by molar-refractivity contribution is 6.36. The SMILES string of the molecule is CCOC(=O)C1CCC(N=C(C(=CN)C(=O)N(Cc2cc(F)cc(F)c2)CC(O)c2c(Cl)cc(C(F)F)cc2Cl)C(F)(F)F)CC1. The molecule has 0 radical (unpaired) electrons. The van der Waals surface area contributed by atoms with E-state index in [4.69, 9.17) is 33.7 Å². The lowest BCUT2D eigenvalue weighted by Gasteiger charge is -2.29. The molecule has 1 aliphatic carbocycles. The summed E-state index contributed by atoms with van der Waals surface area (Å²) in [6, 6.07) is 2.87. The van der Waals surface area contributed by atoms with E-state index in [1.165, 1.54) is 0 Å². The zero-order valence-electron chi connectivity index (χ0n) is 24.3. The van der Waals surface area contributed by atoms with Crippen LogP contribution in [0.15, 0.2) is 47.1 Å². The van der Waals surface area contributed by atoms with Crippen molar-refractivity contribution in [3.8, 4) is 0 Å². The van der Waals surface area contributed by atoms with Crippen LogP contribution in [0.2, 0.25) is 10.0 Å². The van der Waals surface area contributed by atoms with Gasteiger partial charge in [0.25, 0.3) is 12.3 Å². The fraction of sp³-hybridized carbons (Fsp3) is 0.433. The number of rotatable bonds is 11. The largest absolute Gasteiger partial charge is 0.466 e. The average molecular weight is 700 g/mol. The van der Waals surface area contributed by atoms with Gasteiger partial charge in [-0.3, -0.25) is 14.6 Å². The van der Waals surface area contributed by atoms with E-state index >= 15 is 0 Å². The highest BCUT2D eigenvalue weighted by Gasteiger charge is 2.43. The first-order valence-corrected chi connectivity index (χ1v) is 14.7. The molecule has 7 nitrogen and oxygen atoms in total. The molecule has 0 spiro atoms. The Hall–Kier alpha value is -3.36. The van der Waals surface area contributed by atoms with Crippen molar-refractivity contribution in [3.63, 3.8) is 0 Å². The minimum atomic E-state index is -5.20. The van der Waals surface area contributed by atoms with E-state index in [0.717, 1.165) is 24.3 Å². The number of halogens is 9. The molecule has 0 saturated heterocycles. The first-order valence-electron chi connectivity index (χ1n) is 14.0. The van der Waals surface area contributed by atoms with Crippen molar-refractivity contribution < 1.29 is 50.2 Å². The van der Waals surface area contributed by atoms with Gasteiger partial charge in [0.15, 0.2) is 5.71 Å². The molecule has 2 aromatic rings. The van der Waals surface area contributed by atoms with Crippen LogP contribution in [0.3, 0.4) is 0 Å². The van der Waals surface area contributed by atoms with Gasteiger partial charge >= 0.3 is 12.1 Å². The number of nitrogens with zero attached hydrogens (tertiary/aromatic N) is 2. The summed E-state index contributed by atoms with van der Waals surface area (Å²) < 4.78 is 103. The van der Waals surface area contributed by atoms with Crippen molar-refractivity contribution in [2.75, 3.05) is 13.2 Å². The van der Waals surface area contributed by atoms with Crippen LogP contribution in [0.5, 0.6) is 0 Å². The van der Waals surface area contributed by atoms with Crippen molar-refractivity contribution >= 4 is 40.8 Å². The number of benzene rings is 2. The summed E-state index contributed by atoms with van der Waals surface area (Å²) in [5.74, 6) is -4.52. The number of hydrogen-bond acceptors (Lipinski definition) is 6. The third-order valence-electron chi connectivity index (χ3n) is 7.21. The van der Waals surface area contributed by atoms with Crippen LogP contribution in [0.4, 0.5) is 30.7 Å². The maximum atomic E-state index is 14.4. The molecule has 0 aromatic heterocycles. The Morgan fingerprint density at radius 3 is 2.11 bits per heavy atom. The third-order valence-corrected chi connectivity index (χ3v) is 7.84. The fourth-order valence-corrected chi connectivity index (χ4v) is 5.85. The van der Waals surface area contributed by atoms with Gasteiger partial charge in [-0.15, -0.1) is 0 Å². The van der Waals surface area contributed by atoms with Gasteiger partial charge in [-0.05, 0) is 62.4 Å². The lowest BCUT2D eigenvalue weighted by Crippen LogP contribution is -2.41. The smallest absolute Gasteiger partial charge is 0.433 e. The fourth-order valence-electron chi connectivity index (χ4n) is 5.09. The summed E-state index contributed by atoms with van der Waals surface area (Å²) in [6.07, 6.45) is -9.12. The molecule has 2 aromatic carbocycles. The summed E-state index contributed by atoms with van der Waals surface area (Å²) in [6.45, 7) is 0.175. The Labute approximate surface area is 269 Å².